The molecule has 0 N–H and O–H groups in total. The maximum absolute atomic E-state index is 5.05. The summed E-state index contributed by atoms with van der Waals surface area (Å²) in [6, 6.07) is 80.0. The van der Waals surface area contributed by atoms with Crippen LogP contribution in [0.1, 0.15) is 0 Å². The second-order valence-corrected chi connectivity index (χ2v) is 16.4. The van der Waals surface area contributed by atoms with E-state index in [1.807, 2.05) is 60.7 Å². The lowest BCUT2D eigenvalue weighted by Gasteiger charge is -2.14. The Balaban J connectivity index is 1.06. The van der Waals surface area contributed by atoms with Gasteiger partial charge in [-0.15, -0.1) is 0 Å². The summed E-state index contributed by atoms with van der Waals surface area (Å²) < 4.78 is 4.93. The Labute approximate surface area is 368 Å². The van der Waals surface area contributed by atoms with Crippen LogP contribution in [-0.4, -0.2) is 24.1 Å². The van der Waals surface area contributed by atoms with Crippen molar-refractivity contribution in [3.63, 3.8) is 0 Å². The minimum atomic E-state index is 0.635. The Morgan fingerprint density at radius 3 is 1.52 bits per heavy atom. The predicted molar refractivity (Wildman–Crippen MR) is 265 cm³/mol. The third kappa shape index (κ3) is 5.68. The van der Waals surface area contributed by atoms with E-state index in [4.69, 9.17) is 15.0 Å². The van der Waals surface area contributed by atoms with Crippen LogP contribution in [0.15, 0.2) is 224 Å². The van der Waals surface area contributed by atoms with Gasteiger partial charge in [0, 0.05) is 54.7 Å². The molecule has 13 aromatic rings. The molecular formula is C59H37N5. The Kier molecular flexibility index (Phi) is 8.15. The maximum Gasteiger partial charge on any atom is 0.164 e. The Morgan fingerprint density at radius 2 is 0.828 bits per heavy atom. The molecule has 3 aromatic heterocycles. The van der Waals surface area contributed by atoms with Crippen molar-refractivity contribution in [3.8, 4) is 56.7 Å². The van der Waals surface area contributed by atoms with Crippen molar-refractivity contribution >= 4 is 65.2 Å². The number of benzene rings is 10. The molecule has 0 aliphatic rings. The summed E-state index contributed by atoms with van der Waals surface area (Å²) in [7, 11) is 0. The molecule has 10 aromatic carbocycles. The minimum Gasteiger partial charge on any atom is -0.309 e. The fourth-order valence-electron chi connectivity index (χ4n) is 9.83. The van der Waals surface area contributed by atoms with E-state index in [1.165, 1.54) is 49.0 Å². The summed E-state index contributed by atoms with van der Waals surface area (Å²) in [6.07, 6.45) is 0. The largest absolute Gasteiger partial charge is 0.309 e. The van der Waals surface area contributed by atoms with E-state index in [1.54, 1.807) is 0 Å². The molecule has 0 bridgehead atoms. The fourth-order valence-corrected chi connectivity index (χ4v) is 9.83. The molecule has 0 fully saturated rings. The van der Waals surface area contributed by atoms with Crippen molar-refractivity contribution in [2.24, 2.45) is 0 Å². The van der Waals surface area contributed by atoms with E-state index in [2.05, 4.69) is 173 Å². The number of hydrogen-bond acceptors (Lipinski definition) is 3. The molecule has 0 aliphatic carbocycles. The van der Waals surface area contributed by atoms with Crippen LogP contribution in [-0.2, 0) is 0 Å². The molecule has 64 heavy (non-hydrogen) atoms. The van der Waals surface area contributed by atoms with E-state index < -0.39 is 0 Å². The second kappa shape index (κ2) is 14.5. The minimum absolute atomic E-state index is 0.635. The van der Waals surface area contributed by atoms with E-state index in [-0.39, 0.29) is 0 Å². The highest BCUT2D eigenvalue weighted by Gasteiger charge is 2.22. The van der Waals surface area contributed by atoms with Gasteiger partial charge in [0.05, 0.1) is 27.8 Å². The monoisotopic (exact) mass is 815 g/mol. The Bertz CT molecular complexity index is 3870. The fraction of sp³-hybridized carbons (Fsp3) is 0. The molecule has 0 amide bonds. The highest BCUT2D eigenvalue weighted by atomic mass is 15.0. The topological polar surface area (TPSA) is 48.5 Å². The second-order valence-electron chi connectivity index (χ2n) is 16.4. The van der Waals surface area contributed by atoms with E-state index in [0.29, 0.717) is 17.5 Å². The summed E-state index contributed by atoms with van der Waals surface area (Å²) in [4.78, 5) is 15.0. The van der Waals surface area contributed by atoms with E-state index >= 15 is 0 Å². The average Bonchev–Trinajstić information content (AvgIpc) is 3.87. The molecule has 0 saturated heterocycles. The van der Waals surface area contributed by atoms with Gasteiger partial charge in [-0.05, 0) is 70.4 Å². The van der Waals surface area contributed by atoms with Gasteiger partial charge >= 0.3 is 0 Å². The van der Waals surface area contributed by atoms with Crippen molar-refractivity contribution < 1.29 is 0 Å². The summed E-state index contributed by atoms with van der Waals surface area (Å²) in [5, 5.41) is 9.58. The van der Waals surface area contributed by atoms with Crippen molar-refractivity contribution in [2.45, 2.75) is 0 Å². The van der Waals surface area contributed by atoms with Crippen LogP contribution in [0.25, 0.3) is 122 Å². The number of fused-ring (bicyclic) bond motifs is 9. The highest BCUT2D eigenvalue weighted by molar-refractivity contribution is 6.25. The standard InChI is InChI=1S/C59H37N5/c1-5-18-38(19-6-1)48-35-51-50-36-49-46-28-15-16-30-53(46)64(55(49)37-54(50)63(43-25-11-4-12-26-43)56(51)47-29-14-13-27-45(47)48)52-31-17-24-41-34-42(32-33-44(41)52)59-61-57(39-20-7-2-8-21-39)60-58(62-59)40-22-9-3-10-23-40/h1-37H. The maximum atomic E-state index is 5.05. The lowest BCUT2D eigenvalue weighted by atomic mass is 9.95. The third-order valence-electron chi connectivity index (χ3n) is 12.7. The first-order valence-corrected chi connectivity index (χ1v) is 21.7. The number of hydrogen-bond donors (Lipinski definition) is 0. The number of para-hydroxylation sites is 2. The normalized spacial score (nSPS) is 11.8. The van der Waals surface area contributed by atoms with Crippen molar-refractivity contribution in [2.75, 3.05) is 0 Å². The van der Waals surface area contributed by atoms with Crippen molar-refractivity contribution in [3.05, 3.63) is 224 Å². The first-order valence-electron chi connectivity index (χ1n) is 21.7. The SMILES string of the molecule is c1ccc(-c2nc(-c3ccccc3)nc(-c3ccc4c(-n5c6ccccc6c6cc7c8cc(-c9ccccc9)c9ccccc9c8n(-c8ccccc8)c7cc65)cccc4c3)n2)cc1. The van der Waals surface area contributed by atoms with E-state index in [9.17, 15) is 0 Å². The van der Waals surface area contributed by atoms with Gasteiger partial charge in [-0.25, -0.2) is 15.0 Å². The lowest BCUT2D eigenvalue weighted by Crippen LogP contribution is -2.00. The van der Waals surface area contributed by atoms with Crippen molar-refractivity contribution in [1.29, 1.82) is 0 Å². The van der Waals surface area contributed by atoms with Gasteiger partial charge in [-0.1, -0.05) is 176 Å². The smallest absolute Gasteiger partial charge is 0.164 e. The highest BCUT2D eigenvalue weighted by Crippen LogP contribution is 2.45. The molecule has 0 atom stereocenters. The summed E-state index contributed by atoms with van der Waals surface area (Å²) >= 11 is 0. The van der Waals surface area contributed by atoms with Crippen LogP contribution in [0.2, 0.25) is 0 Å². The van der Waals surface area contributed by atoms with Gasteiger partial charge in [0.25, 0.3) is 0 Å². The summed E-state index contributed by atoms with van der Waals surface area (Å²) in [5.41, 5.74) is 12.2. The van der Waals surface area contributed by atoms with Crippen molar-refractivity contribution in [1.82, 2.24) is 24.1 Å². The molecule has 13 rings (SSSR count). The molecule has 298 valence electrons. The Morgan fingerprint density at radius 1 is 0.281 bits per heavy atom. The van der Waals surface area contributed by atoms with Gasteiger partial charge in [-0.3, -0.25) is 0 Å². The first kappa shape index (κ1) is 36.0. The molecule has 0 aliphatic heterocycles. The molecule has 5 heteroatoms. The van der Waals surface area contributed by atoms with Crippen LogP contribution in [0, 0.1) is 0 Å². The lowest BCUT2D eigenvalue weighted by molar-refractivity contribution is 1.07. The molecule has 5 nitrogen and oxygen atoms in total. The van der Waals surface area contributed by atoms with Gasteiger partial charge in [-0.2, -0.15) is 0 Å². The number of aromatic nitrogens is 5. The quantitative estimate of drug-likeness (QED) is 0.168. The summed E-state index contributed by atoms with van der Waals surface area (Å²) in [6.45, 7) is 0. The number of rotatable bonds is 6. The summed E-state index contributed by atoms with van der Waals surface area (Å²) in [5.74, 6) is 1.93. The van der Waals surface area contributed by atoms with Gasteiger partial charge in [0.15, 0.2) is 17.5 Å². The van der Waals surface area contributed by atoms with Crippen LogP contribution in [0.4, 0.5) is 0 Å². The zero-order valence-corrected chi connectivity index (χ0v) is 34.6. The predicted octanol–water partition coefficient (Wildman–Crippen LogP) is 15.0. The molecule has 0 radical (unpaired) electrons. The average molecular weight is 816 g/mol. The molecule has 0 unspecified atom stereocenters. The number of nitrogens with zero attached hydrogens (tertiary/aromatic N) is 5. The van der Waals surface area contributed by atoms with E-state index in [0.717, 1.165) is 55.4 Å². The van der Waals surface area contributed by atoms with Gasteiger partial charge < -0.3 is 9.13 Å². The van der Waals surface area contributed by atoms with Gasteiger partial charge in [0.1, 0.15) is 0 Å². The Hall–Kier alpha value is -8.67. The molecule has 3 heterocycles. The van der Waals surface area contributed by atoms with Crippen LogP contribution >= 0.6 is 0 Å². The molecule has 0 spiro atoms. The van der Waals surface area contributed by atoms with Crippen LogP contribution in [0.3, 0.4) is 0 Å². The van der Waals surface area contributed by atoms with Gasteiger partial charge in [0.2, 0.25) is 0 Å². The third-order valence-corrected chi connectivity index (χ3v) is 12.7. The van der Waals surface area contributed by atoms with Crippen LogP contribution < -0.4 is 0 Å². The first-order chi connectivity index (χ1) is 31.7. The zero-order valence-electron chi connectivity index (χ0n) is 34.6. The zero-order chi connectivity index (χ0) is 42.1. The van der Waals surface area contributed by atoms with Crippen LogP contribution in [0.5, 0.6) is 0 Å². The molecular weight excluding hydrogens is 779 g/mol. The molecule has 0 saturated carbocycles.